The van der Waals surface area contributed by atoms with Crippen molar-refractivity contribution in [3.8, 4) is 11.8 Å². The highest BCUT2D eigenvalue weighted by molar-refractivity contribution is 6.30. The zero-order valence-corrected chi connectivity index (χ0v) is 12.6. The van der Waals surface area contributed by atoms with Gasteiger partial charge in [-0.1, -0.05) is 23.7 Å². The Balaban J connectivity index is 1.80. The molecule has 0 unspecified atom stereocenters. The molecule has 1 heterocycles. The number of hydrogen-bond donors (Lipinski definition) is 1. The van der Waals surface area contributed by atoms with Gasteiger partial charge in [-0.05, 0) is 46.8 Å². The molecular formula is C16H11ClN6. The van der Waals surface area contributed by atoms with Gasteiger partial charge in [0.25, 0.3) is 0 Å². The predicted molar refractivity (Wildman–Crippen MR) is 88.0 cm³/mol. The van der Waals surface area contributed by atoms with Gasteiger partial charge in [-0.15, -0.1) is 5.10 Å². The van der Waals surface area contributed by atoms with Crippen molar-refractivity contribution in [3.05, 3.63) is 71.1 Å². The standard InChI is InChI=1S/C16H11ClN6/c17-13-5-7-14(8-6-13)23-16(20-21-22-23)9-10-19-15-4-2-1-3-12(15)11-18/h1-10,19H. The Hall–Kier alpha value is -3.17. The molecule has 0 aliphatic rings. The molecule has 0 amide bonds. The van der Waals surface area contributed by atoms with E-state index < -0.39 is 0 Å². The fraction of sp³-hybridized carbons (Fsp3) is 0. The van der Waals surface area contributed by atoms with Gasteiger partial charge in [-0.3, -0.25) is 0 Å². The normalized spacial score (nSPS) is 10.6. The van der Waals surface area contributed by atoms with Crippen LogP contribution in [0.3, 0.4) is 0 Å². The third-order valence-electron chi connectivity index (χ3n) is 3.08. The van der Waals surface area contributed by atoms with Gasteiger partial charge < -0.3 is 5.32 Å². The lowest BCUT2D eigenvalue weighted by molar-refractivity contribution is 0.787. The summed E-state index contributed by atoms with van der Waals surface area (Å²) in [6.45, 7) is 0. The lowest BCUT2D eigenvalue weighted by atomic mass is 10.2. The van der Waals surface area contributed by atoms with Crippen LogP contribution in [0.25, 0.3) is 11.8 Å². The summed E-state index contributed by atoms with van der Waals surface area (Å²) in [6.07, 6.45) is 3.41. The number of rotatable bonds is 4. The molecule has 23 heavy (non-hydrogen) atoms. The van der Waals surface area contributed by atoms with Crippen LogP contribution in [-0.2, 0) is 0 Å². The molecule has 112 valence electrons. The quantitative estimate of drug-likeness (QED) is 0.797. The molecule has 3 aromatic rings. The number of anilines is 1. The highest BCUT2D eigenvalue weighted by atomic mass is 35.5. The molecule has 2 aromatic carbocycles. The summed E-state index contributed by atoms with van der Waals surface area (Å²) in [6, 6.07) is 16.6. The molecule has 0 bridgehead atoms. The Morgan fingerprint density at radius 3 is 2.70 bits per heavy atom. The van der Waals surface area contributed by atoms with Crippen molar-refractivity contribution in [3.63, 3.8) is 0 Å². The van der Waals surface area contributed by atoms with Gasteiger partial charge in [-0.25, -0.2) is 0 Å². The number of para-hydroxylation sites is 1. The minimum atomic E-state index is 0.550. The minimum Gasteiger partial charge on any atom is -0.360 e. The number of halogens is 1. The van der Waals surface area contributed by atoms with E-state index in [4.69, 9.17) is 16.9 Å². The molecule has 7 heteroatoms. The van der Waals surface area contributed by atoms with Crippen LogP contribution in [0.1, 0.15) is 11.4 Å². The van der Waals surface area contributed by atoms with Crippen LogP contribution in [0.2, 0.25) is 5.02 Å². The van der Waals surface area contributed by atoms with Gasteiger partial charge >= 0.3 is 0 Å². The molecule has 6 nitrogen and oxygen atoms in total. The van der Waals surface area contributed by atoms with Gasteiger partial charge in [0.2, 0.25) is 0 Å². The molecule has 0 aliphatic heterocycles. The molecular weight excluding hydrogens is 312 g/mol. The first-order chi connectivity index (χ1) is 11.3. The fourth-order valence-electron chi connectivity index (χ4n) is 1.98. The molecule has 3 rings (SSSR count). The SMILES string of the molecule is N#Cc1ccccc1NC=Cc1nnnn1-c1ccc(Cl)cc1. The van der Waals surface area contributed by atoms with Crippen LogP contribution in [0.5, 0.6) is 0 Å². The van der Waals surface area contributed by atoms with Crippen molar-refractivity contribution in [2.45, 2.75) is 0 Å². The Labute approximate surface area is 137 Å². The van der Waals surface area contributed by atoms with Gasteiger partial charge in [0.1, 0.15) is 6.07 Å². The van der Waals surface area contributed by atoms with Crippen LogP contribution in [0.4, 0.5) is 5.69 Å². The second-order valence-corrected chi connectivity index (χ2v) is 5.00. The number of benzene rings is 2. The van der Waals surface area contributed by atoms with Crippen molar-refractivity contribution in [2.24, 2.45) is 0 Å². The van der Waals surface area contributed by atoms with E-state index in [1.165, 1.54) is 0 Å². The first kappa shape index (κ1) is 14.8. The van der Waals surface area contributed by atoms with E-state index in [0.717, 1.165) is 11.4 Å². The second kappa shape index (κ2) is 6.73. The van der Waals surface area contributed by atoms with E-state index >= 15 is 0 Å². The van der Waals surface area contributed by atoms with E-state index in [1.807, 2.05) is 30.3 Å². The second-order valence-electron chi connectivity index (χ2n) is 4.56. The lowest BCUT2D eigenvalue weighted by Gasteiger charge is -2.03. The van der Waals surface area contributed by atoms with Crippen LogP contribution in [-0.4, -0.2) is 20.2 Å². The van der Waals surface area contributed by atoms with Crippen LogP contribution in [0, 0.1) is 11.3 Å². The number of hydrogen-bond acceptors (Lipinski definition) is 5. The van der Waals surface area contributed by atoms with Crippen molar-refractivity contribution in [2.75, 3.05) is 5.32 Å². The first-order valence-electron chi connectivity index (χ1n) is 6.74. The highest BCUT2D eigenvalue weighted by Gasteiger charge is 2.05. The molecule has 0 fully saturated rings. The Bertz CT molecular complexity index is 876. The zero-order chi connectivity index (χ0) is 16.1. The van der Waals surface area contributed by atoms with Gasteiger partial charge in [0, 0.05) is 17.3 Å². The molecule has 0 saturated heterocycles. The maximum absolute atomic E-state index is 9.06. The topological polar surface area (TPSA) is 79.4 Å². The molecule has 0 atom stereocenters. The smallest absolute Gasteiger partial charge is 0.181 e. The molecule has 1 aromatic heterocycles. The van der Waals surface area contributed by atoms with E-state index in [2.05, 4.69) is 26.9 Å². The third kappa shape index (κ3) is 3.36. The number of nitrogens with one attached hydrogen (secondary N) is 1. The Kier molecular flexibility index (Phi) is 4.32. The molecule has 0 saturated carbocycles. The average molecular weight is 323 g/mol. The molecule has 1 N–H and O–H groups in total. The summed E-state index contributed by atoms with van der Waals surface area (Å²) >= 11 is 5.88. The van der Waals surface area contributed by atoms with Crippen LogP contribution >= 0.6 is 11.6 Å². The monoisotopic (exact) mass is 322 g/mol. The Morgan fingerprint density at radius 1 is 1.13 bits per heavy atom. The van der Waals surface area contributed by atoms with Gasteiger partial charge in [0.05, 0.1) is 16.9 Å². The first-order valence-corrected chi connectivity index (χ1v) is 7.12. The van der Waals surface area contributed by atoms with Crippen molar-refractivity contribution in [1.29, 1.82) is 5.26 Å². The number of aromatic nitrogens is 4. The zero-order valence-electron chi connectivity index (χ0n) is 11.9. The summed E-state index contributed by atoms with van der Waals surface area (Å²) in [5, 5.41) is 24.4. The largest absolute Gasteiger partial charge is 0.360 e. The summed E-state index contributed by atoms with van der Waals surface area (Å²) in [7, 11) is 0. The van der Waals surface area contributed by atoms with E-state index in [0.29, 0.717) is 16.4 Å². The van der Waals surface area contributed by atoms with Crippen molar-refractivity contribution >= 4 is 23.4 Å². The Morgan fingerprint density at radius 2 is 1.91 bits per heavy atom. The summed E-state index contributed by atoms with van der Waals surface area (Å²) in [4.78, 5) is 0. The number of tetrazole rings is 1. The van der Waals surface area contributed by atoms with Crippen LogP contribution < -0.4 is 5.32 Å². The maximum atomic E-state index is 9.06. The summed E-state index contributed by atoms with van der Waals surface area (Å²) in [5.74, 6) is 0.550. The predicted octanol–water partition coefficient (Wildman–Crippen LogP) is 3.27. The van der Waals surface area contributed by atoms with Crippen molar-refractivity contribution in [1.82, 2.24) is 20.2 Å². The molecule has 0 radical (unpaired) electrons. The fourth-order valence-corrected chi connectivity index (χ4v) is 2.10. The summed E-state index contributed by atoms with van der Waals surface area (Å²) in [5.41, 5.74) is 2.09. The van der Waals surface area contributed by atoms with E-state index in [9.17, 15) is 0 Å². The minimum absolute atomic E-state index is 0.550. The number of nitriles is 1. The van der Waals surface area contributed by atoms with Crippen molar-refractivity contribution < 1.29 is 0 Å². The van der Waals surface area contributed by atoms with Gasteiger partial charge in [0.15, 0.2) is 5.82 Å². The highest BCUT2D eigenvalue weighted by Crippen LogP contribution is 2.15. The third-order valence-corrected chi connectivity index (χ3v) is 3.34. The van der Waals surface area contributed by atoms with E-state index in [1.54, 1.807) is 35.2 Å². The molecule has 0 spiro atoms. The average Bonchev–Trinajstić information content (AvgIpc) is 3.04. The van der Waals surface area contributed by atoms with Crippen LogP contribution in [0.15, 0.2) is 54.7 Å². The van der Waals surface area contributed by atoms with E-state index in [-0.39, 0.29) is 0 Å². The lowest BCUT2D eigenvalue weighted by Crippen LogP contribution is -2.00. The summed E-state index contributed by atoms with van der Waals surface area (Å²) < 4.78 is 1.59. The number of nitrogens with zero attached hydrogens (tertiary/aromatic N) is 5. The maximum Gasteiger partial charge on any atom is 0.181 e. The molecule has 0 aliphatic carbocycles. The van der Waals surface area contributed by atoms with Gasteiger partial charge in [-0.2, -0.15) is 9.94 Å².